The summed E-state index contributed by atoms with van der Waals surface area (Å²) in [4.78, 5) is 12.1. The van der Waals surface area contributed by atoms with Crippen molar-refractivity contribution in [3.05, 3.63) is 103 Å². The molecular weight excluding hydrogens is 346 g/mol. The van der Waals surface area contributed by atoms with Crippen LogP contribution in [0.25, 0.3) is 10.8 Å². The van der Waals surface area contributed by atoms with Crippen LogP contribution in [0.15, 0.2) is 97.1 Å². The molecule has 0 aromatic heterocycles. The molecule has 0 aliphatic rings. The summed E-state index contributed by atoms with van der Waals surface area (Å²) in [6.45, 7) is 0. The standard InChI is InChI=1S/C25H21NO2/c27-25(17-10-19-6-2-1-3-7-19)26-22-12-15-23(16-13-22)28-24-14-11-20-8-4-5-9-21(20)18-24/h1-9,11-16,18H,10,17H2,(H,26,27). The molecule has 0 saturated heterocycles. The van der Waals surface area contributed by atoms with E-state index < -0.39 is 0 Å². The van der Waals surface area contributed by atoms with E-state index in [1.165, 1.54) is 5.39 Å². The highest BCUT2D eigenvalue weighted by atomic mass is 16.5. The Hall–Kier alpha value is -3.59. The summed E-state index contributed by atoms with van der Waals surface area (Å²) in [5, 5.41) is 5.26. The van der Waals surface area contributed by atoms with Gasteiger partial charge in [-0.2, -0.15) is 0 Å². The van der Waals surface area contributed by atoms with Crippen LogP contribution in [0.2, 0.25) is 0 Å². The van der Waals surface area contributed by atoms with Gasteiger partial charge in [0, 0.05) is 12.1 Å². The topological polar surface area (TPSA) is 38.3 Å². The first kappa shape index (κ1) is 17.8. The average molecular weight is 367 g/mol. The number of anilines is 1. The molecule has 0 saturated carbocycles. The number of carbonyl (C=O) groups excluding carboxylic acids is 1. The molecule has 0 aliphatic carbocycles. The number of amides is 1. The van der Waals surface area contributed by atoms with Crippen LogP contribution >= 0.6 is 0 Å². The zero-order valence-corrected chi connectivity index (χ0v) is 15.5. The van der Waals surface area contributed by atoms with Crippen molar-refractivity contribution in [3.8, 4) is 11.5 Å². The summed E-state index contributed by atoms with van der Waals surface area (Å²) < 4.78 is 5.94. The van der Waals surface area contributed by atoms with Crippen LogP contribution in [0.5, 0.6) is 11.5 Å². The lowest BCUT2D eigenvalue weighted by Crippen LogP contribution is -2.12. The predicted octanol–water partition coefficient (Wildman–Crippen LogP) is 6.20. The van der Waals surface area contributed by atoms with E-state index in [4.69, 9.17) is 4.74 Å². The second-order valence-electron chi connectivity index (χ2n) is 6.67. The third-order valence-electron chi connectivity index (χ3n) is 4.58. The van der Waals surface area contributed by atoms with Gasteiger partial charge in [-0.15, -0.1) is 0 Å². The maximum atomic E-state index is 12.1. The number of benzene rings is 4. The first-order chi connectivity index (χ1) is 13.8. The molecule has 0 fully saturated rings. The van der Waals surface area contributed by atoms with Gasteiger partial charge in [0.1, 0.15) is 11.5 Å². The van der Waals surface area contributed by atoms with E-state index in [-0.39, 0.29) is 5.91 Å². The molecule has 0 radical (unpaired) electrons. The molecular formula is C25H21NO2. The molecule has 4 rings (SSSR count). The van der Waals surface area contributed by atoms with E-state index in [9.17, 15) is 4.79 Å². The minimum absolute atomic E-state index is 0.00653. The Bertz CT molecular complexity index is 1070. The Morgan fingerprint density at radius 2 is 1.39 bits per heavy atom. The van der Waals surface area contributed by atoms with Crippen molar-refractivity contribution in [2.24, 2.45) is 0 Å². The molecule has 3 heteroatoms. The van der Waals surface area contributed by atoms with Gasteiger partial charge >= 0.3 is 0 Å². The number of fused-ring (bicyclic) bond motifs is 1. The fourth-order valence-corrected chi connectivity index (χ4v) is 3.10. The van der Waals surface area contributed by atoms with E-state index >= 15 is 0 Å². The lowest BCUT2D eigenvalue weighted by Gasteiger charge is -2.09. The highest BCUT2D eigenvalue weighted by molar-refractivity contribution is 5.90. The molecule has 1 N–H and O–H groups in total. The molecule has 0 aliphatic heterocycles. The van der Waals surface area contributed by atoms with Crippen LogP contribution in [0.4, 0.5) is 5.69 Å². The molecule has 4 aromatic carbocycles. The lowest BCUT2D eigenvalue weighted by molar-refractivity contribution is -0.116. The van der Waals surface area contributed by atoms with Gasteiger partial charge in [-0.1, -0.05) is 60.7 Å². The quantitative estimate of drug-likeness (QED) is 0.440. The normalized spacial score (nSPS) is 10.6. The van der Waals surface area contributed by atoms with Crippen molar-refractivity contribution in [2.75, 3.05) is 5.32 Å². The molecule has 0 heterocycles. The molecule has 28 heavy (non-hydrogen) atoms. The fraction of sp³-hybridized carbons (Fsp3) is 0.0800. The van der Waals surface area contributed by atoms with Crippen molar-refractivity contribution in [1.82, 2.24) is 0 Å². The molecule has 0 unspecified atom stereocenters. The molecule has 4 aromatic rings. The van der Waals surface area contributed by atoms with E-state index in [2.05, 4.69) is 17.4 Å². The maximum absolute atomic E-state index is 12.1. The maximum Gasteiger partial charge on any atom is 0.224 e. The Balaban J connectivity index is 1.34. The van der Waals surface area contributed by atoms with Crippen molar-refractivity contribution in [3.63, 3.8) is 0 Å². The van der Waals surface area contributed by atoms with Crippen LogP contribution in [-0.4, -0.2) is 5.91 Å². The van der Waals surface area contributed by atoms with Crippen LogP contribution < -0.4 is 10.1 Å². The van der Waals surface area contributed by atoms with Crippen LogP contribution in [0.3, 0.4) is 0 Å². The number of aryl methyl sites for hydroxylation is 1. The number of hydrogen-bond acceptors (Lipinski definition) is 2. The first-order valence-corrected chi connectivity index (χ1v) is 9.37. The van der Waals surface area contributed by atoms with E-state index in [0.717, 1.165) is 34.6 Å². The van der Waals surface area contributed by atoms with Gasteiger partial charge < -0.3 is 10.1 Å². The first-order valence-electron chi connectivity index (χ1n) is 9.37. The Morgan fingerprint density at radius 3 is 2.18 bits per heavy atom. The Kier molecular flexibility index (Phi) is 5.34. The Labute approximate surface area is 164 Å². The summed E-state index contributed by atoms with van der Waals surface area (Å²) in [6.07, 6.45) is 1.19. The highest BCUT2D eigenvalue weighted by Crippen LogP contribution is 2.26. The lowest BCUT2D eigenvalue weighted by atomic mass is 10.1. The molecule has 1 amide bonds. The summed E-state index contributed by atoms with van der Waals surface area (Å²) in [7, 11) is 0. The van der Waals surface area contributed by atoms with Crippen molar-refractivity contribution in [2.45, 2.75) is 12.8 Å². The number of hydrogen-bond donors (Lipinski definition) is 1. The molecule has 138 valence electrons. The predicted molar refractivity (Wildman–Crippen MR) is 114 cm³/mol. The average Bonchev–Trinajstić information content (AvgIpc) is 2.74. The van der Waals surface area contributed by atoms with Gasteiger partial charge in [0.15, 0.2) is 0 Å². The largest absolute Gasteiger partial charge is 0.457 e. The second kappa shape index (κ2) is 8.40. The van der Waals surface area contributed by atoms with Crippen LogP contribution in [-0.2, 0) is 11.2 Å². The van der Waals surface area contributed by atoms with E-state index in [0.29, 0.717) is 6.42 Å². The highest BCUT2D eigenvalue weighted by Gasteiger charge is 2.04. The smallest absolute Gasteiger partial charge is 0.224 e. The summed E-state index contributed by atoms with van der Waals surface area (Å²) in [5.74, 6) is 1.53. The third-order valence-corrected chi connectivity index (χ3v) is 4.58. The van der Waals surface area contributed by atoms with Crippen molar-refractivity contribution < 1.29 is 9.53 Å². The van der Waals surface area contributed by atoms with Gasteiger partial charge in [-0.05, 0) is 59.2 Å². The van der Waals surface area contributed by atoms with E-state index in [1.54, 1.807) is 0 Å². The summed E-state index contributed by atoms with van der Waals surface area (Å²) >= 11 is 0. The minimum atomic E-state index is 0.00653. The number of carbonyl (C=O) groups is 1. The van der Waals surface area contributed by atoms with Crippen molar-refractivity contribution >= 4 is 22.4 Å². The Morgan fingerprint density at radius 1 is 0.714 bits per heavy atom. The number of rotatable bonds is 6. The summed E-state index contributed by atoms with van der Waals surface area (Å²) in [6, 6.07) is 31.7. The van der Waals surface area contributed by atoms with Gasteiger partial charge in [0.2, 0.25) is 5.91 Å². The number of ether oxygens (including phenoxy) is 1. The molecule has 0 bridgehead atoms. The molecule has 0 atom stereocenters. The van der Waals surface area contributed by atoms with Gasteiger partial charge in [-0.3, -0.25) is 4.79 Å². The molecule has 0 spiro atoms. The SMILES string of the molecule is O=C(CCc1ccccc1)Nc1ccc(Oc2ccc3ccccc3c2)cc1. The van der Waals surface area contributed by atoms with Crippen LogP contribution in [0, 0.1) is 0 Å². The van der Waals surface area contributed by atoms with Crippen LogP contribution in [0.1, 0.15) is 12.0 Å². The molecule has 3 nitrogen and oxygen atoms in total. The van der Waals surface area contributed by atoms with E-state index in [1.807, 2.05) is 84.9 Å². The summed E-state index contributed by atoms with van der Waals surface area (Å²) in [5.41, 5.74) is 1.93. The second-order valence-corrected chi connectivity index (χ2v) is 6.67. The van der Waals surface area contributed by atoms with Gasteiger partial charge in [0.05, 0.1) is 0 Å². The fourth-order valence-electron chi connectivity index (χ4n) is 3.10. The third kappa shape index (κ3) is 4.57. The zero-order valence-electron chi connectivity index (χ0n) is 15.5. The minimum Gasteiger partial charge on any atom is -0.457 e. The monoisotopic (exact) mass is 367 g/mol. The van der Waals surface area contributed by atoms with Crippen molar-refractivity contribution in [1.29, 1.82) is 0 Å². The van der Waals surface area contributed by atoms with Gasteiger partial charge in [0.25, 0.3) is 0 Å². The number of nitrogens with one attached hydrogen (secondary N) is 1. The zero-order chi connectivity index (χ0) is 19.2. The van der Waals surface area contributed by atoms with Gasteiger partial charge in [-0.25, -0.2) is 0 Å².